The molecule has 132 valence electrons. The smallest absolute Gasteiger partial charge is 0.256 e. The Labute approximate surface area is 152 Å². The molecule has 0 bridgehead atoms. The van der Waals surface area contributed by atoms with E-state index in [9.17, 15) is 4.79 Å². The number of amides is 1. The molecule has 0 atom stereocenters. The van der Waals surface area contributed by atoms with Gasteiger partial charge in [0.15, 0.2) is 23.1 Å². The van der Waals surface area contributed by atoms with Gasteiger partial charge in [0.2, 0.25) is 0 Å². The van der Waals surface area contributed by atoms with Crippen LogP contribution in [0, 0.1) is 6.92 Å². The number of aromatic nitrogens is 5. The standard InChI is InChI=1S/C19H14N6O2/c1-10-20-14-8-11(6-7-16(14)27-10)19(26)23-17-9-15(24-25-17)18-21-12-4-2-3-5-13(12)22-18/h2-9H,1H3,(H,21,22)(H2,23,24,25,26). The van der Waals surface area contributed by atoms with Crippen molar-refractivity contribution >= 4 is 33.9 Å². The molecule has 5 rings (SSSR count). The van der Waals surface area contributed by atoms with E-state index < -0.39 is 0 Å². The second-order valence-corrected chi connectivity index (χ2v) is 6.14. The van der Waals surface area contributed by atoms with Crippen LogP contribution in [0.5, 0.6) is 0 Å². The van der Waals surface area contributed by atoms with Crippen molar-refractivity contribution in [1.82, 2.24) is 25.1 Å². The van der Waals surface area contributed by atoms with Crippen LogP contribution in [-0.4, -0.2) is 31.1 Å². The van der Waals surface area contributed by atoms with Gasteiger partial charge in [-0.1, -0.05) is 12.1 Å². The van der Waals surface area contributed by atoms with Crippen LogP contribution in [0.4, 0.5) is 5.82 Å². The van der Waals surface area contributed by atoms with Crippen molar-refractivity contribution in [1.29, 1.82) is 0 Å². The van der Waals surface area contributed by atoms with Crippen molar-refractivity contribution in [2.45, 2.75) is 6.92 Å². The van der Waals surface area contributed by atoms with Crippen molar-refractivity contribution in [3.05, 3.63) is 60.0 Å². The van der Waals surface area contributed by atoms with Gasteiger partial charge in [0.05, 0.1) is 11.0 Å². The largest absolute Gasteiger partial charge is 0.441 e. The molecule has 0 saturated heterocycles. The highest BCUT2D eigenvalue weighted by Crippen LogP contribution is 2.21. The minimum atomic E-state index is -0.278. The highest BCUT2D eigenvalue weighted by atomic mass is 16.3. The number of fused-ring (bicyclic) bond motifs is 2. The SMILES string of the molecule is Cc1nc2cc(C(=O)Nc3cc(-c4nc5ccccc5[nH]4)[nH]n3)ccc2o1. The Morgan fingerprint density at radius 3 is 2.85 bits per heavy atom. The summed E-state index contributed by atoms with van der Waals surface area (Å²) >= 11 is 0. The molecule has 1 amide bonds. The Morgan fingerprint density at radius 2 is 1.96 bits per heavy atom. The lowest BCUT2D eigenvalue weighted by atomic mass is 10.2. The molecule has 8 heteroatoms. The first-order chi connectivity index (χ1) is 13.2. The van der Waals surface area contributed by atoms with E-state index in [4.69, 9.17) is 4.42 Å². The number of rotatable bonds is 3. The van der Waals surface area contributed by atoms with E-state index in [1.165, 1.54) is 0 Å². The van der Waals surface area contributed by atoms with E-state index in [1.54, 1.807) is 31.2 Å². The zero-order valence-electron chi connectivity index (χ0n) is 14.3. The number of aryl methyl sites for hydroxylation is 1. The summed E-state index contributed by atoms with van der Waals surface area (Å²) in [5.41, 5.74) is 4.25. The third kappa shape index (κ3) is 2.73. The quantitative estimate of drug-likeness (QED) is 0.456. The summed E-state index contributed by atoms with van der Waals surface area (Å²) < 4.78 is 5.43. The van der Waals surface area contributed by atoms with E-state index in [0.717, 1.165) is 11.0 Å². The minimum Gasteiger partial charge on any atom is -0.441 e. The second-order valence-electron chi connectivity index (χ2n) is 6.14. The summed E-state index contributed by atoms with van der Waals surface area (Å²) in [5.74, 6) is 1.35. The van der Waals surface area contributed by atoms with Crippen molar-refractivity contribution in [2.75, 3.05) is 5.32 Å². The van der Waals surface area contributed by atoms with Crippen LogP contribution in [0.25, 0.3) is 33.7 Å². The topological polar surface area (TPSA) is 112 Å². The lowest BCUT2D eigenvalue weighted by Gasteiger charge is -2.01. The molecule has 3 aromatic heterocycles. The van der Waals surface area contributed by atoms with Crippen molar-refractivity contribution in [3.63, 3.8) is 0 Å². The molecule has 0 spiro atoms. The Balaban J connectivity index is 1.39. The van der Waals surface area contributed by atoms with Crippen LogP contribution < -0.4 is 5.32 Å². The number of hydrogen-bond donors (Lipinski definition) is 3. The highest BCUT2D eigenvalue weighted by molar-refractivity contribution is 6.05. The molecule has 3 heterocycles. The predicted octanol–water partition coefficient (Wildman–Crippen LogP) is 3.65. The molecule has 0 unspecified atom stereocenters. The van der Waals surface area contributed by atoms with Gasteiger partial charge >= 0.3 is 0 Å². The van der Waals surface area contributed by atoms with Gasteiger partial charge in [-0.2, -0.15) is 5.10 Å². The van der Waals surface area contributed by atoms with Crippen LogP contribution >= 0.6 is 0 Å². The number of hydrogen-bond acceptors (Lipinski definition) is 5. The van der Waals surface area contributed by atoms with E-state index in [2.05, 4.69) is 30.5 Å². The van der Waals surface area contributed by atoms with E-state index in [1.807, 2.05) is 24.3 Å². The number of H-pyrrole nitrogens is 2. The number of nitrogens with one attached hydrogen (secondary N) is 3. The number of carbonyl (C=O) groups is 1. The maximum absolute atomic E-state index is 12.5. The summed E-state index contributed by atoms with van der Waals surface area (Å²) in [6.45, 7) is 1.77. The summed E-state index contributed by atoms with van der Waals surface area (Å²) in [4.78, 5) is 24.5. The van der Waals surface area contributed by atoms with Crippen molar-refractivity contribution in [3.8, 4) is 11.5 Å². The van der Waals surface area contributed by atoms with Gasteiger partial charge in [-0.3, -0.25) is 9.89 Å². The molecule has 0 aliphatic carbocycles. The molecular weight excluding hydrogens is 344 g/mol. The summed E-state index contributed by atoms with van der Waals surface area (Å²) in [5, 5.41) is 9.80. The number of aromatic amines is 2. The molecule has 27 heavy (non-hydrogen) atoms. The fourth-order valence-corrected chi connectivity index (χ4v) is 2.96. The van der Waals surface area contributed by atoms with E-state index >= 15 is 0 Å². The van der Waals surface area contributed by atoms with Crippen LogP contribution in [0.3, 0.4) is 0 Å². The lowest BCUT2D eigenvalue weighted by Crippen LogP contribution is -2.11. The molecule has 2 aromatic carbocycles. The van der Waals surface area contributed by atoms with Gasteiger partial charge in [-0.15, -0.1) is 0 Å². The second kappa shape index (κ2) is 5.80. The molecule has 0 aliphatic heterocycles. The normalized spacial score (nSPS) is 11.3. The molecule has 0 aliphatic rings. The van der Waals surface area contributed by atoms with Crippen LogP contribution in [0.2, 0.25) is 0 Å². The Kier molecular flexibility index (Phi) is 3.29. The summed E-state index contributed by atoms with van der Waals surface area (Å²) in [7, 11) is 0. The number of carbonyl (C=O) groups excluding carboxylic acids is 1. The fraction of sp³-hybridized carbons (Fsp3) is 0.0526. The summed E-state index contributed by atoms with van der Waals surface area (Å²) in [6.07, 6.45) is 0. The van der Waals surface area contributed by atoms with Gasteiger partial charge in [-0.25, -0.2) is 9.97 Å². The number of imidazole rings is 1. The fourth-order valence-electron chi connectivity index (χ4n) is 2.96. The first kappa shape index (κ1) is 15.3. The van der Waals surface area contributed by atoms with Crippen molar-refractivity contribution in [2.24, 2.45) is 0 Å². The number of anilines is 1. The lowest BCUT2D eigenvalue weighted by molar-refractivity contribution is 0.102. The maximum atomic E-state index is 12.5. The van der Waals surface area contributed by atoms with Crippen LogP contribution in [-0.2, 0) is 0 Å². The first-order valence-corrected chi connectivity index (χ1v) is 8.35. The van der Waals surface area contributed by atoms with E-state index in [-0.39, 0.29) is 5.91 Å². The molecule has 0 saturated carbocycles. The molecule has 8 nitrogen and oxygen atoms in total. The zero-order chi connectivity index (χ0) is 18.4. The Hall–Kier alpha value is -3.94. The molecule has 5 aromatic rings. The predicted molar refractivity (Wildman–Crippen MR) is 100 cm³/mol. The third-order valence-corrected chi connectivity index (χ3v) is 4.22. The van der Waals surface area contributed by atoms with Crippen LogP contribution in [0.15, 0.2) is 52.9 Å². The van der Waals surface area contributed by atoms with Gasteiger partial charge in [0, 0.05) is 18.6 Å². The highest BCUT2D eigenvalue weighted by Gasteiger charge is 2.13. The monoisotopic (exact) mass is 358 g/mol. The summed E-state index contributed by atoms with van der Waals surface area (Å²) in [6, 6.07) is 14.6. The maximum Gasteiger partial charge on any atom is 0.256 e. The minimum absolute atomic E-state index is 0.278. The number of nitrogens with zero attached hydrogens (tertiary/aromatic N) is 3. The Morgan fingerprint density at radius 1 is 1.07 bits per heavy atom. The van der Waals surface area contributed by atoms with Crippen molar-refractivity contribution < 1.29 is 9.21 Å². The molecule has 0 radical (unpaired) electrons. The van der Waals surface area contributed by atoms with E-state index in [0.29, 0.717) is 39.9 Å². The van der Waals surface area contributed by atoms with Gasteiger partial charge in [0.25, 0.3) is 5.91 Å². The Bertz CT molecular complexity index is 1260. The average molecular weight is 358 g/mol. The number of para-hydroxylation sites is 2. The molecule has 0 fully saturated rings. The van der Waals surface area contributed by atoms with Gasteiger partial charge < -0.3 is 14.7 Å². The molecular formula is C19H14N6O2. The first-order valence-electron chi connectivity index (χ1n) is 8.35. The average Bonchev–Trinajstić information content (AvgIpc) is 3.37. The van der Waals surface area contributed by atoms with Crippen LogP contribution in [0.1, 0.15) is 16.2 Å². The molecule has 3 N–H and O–H groups in total. The number of benzene rings is 2. The third-order valence-electron chi connectivity index (χ3n) is 4.22. The van der Waals surface area contributed by atoms with Gasteiger partial charge in [-0.05, 0) is 30.3 Å². The number of oxazole rings is 1. The van der Waals surface area contributed by atoms with Gasteiger partial charge in [0.1, 0.15) is 11.2 Å². The zero-order valence-corrected chi connectivity index (χ0v) is 14.3.